The van der Waals surface area contributed by atoms with E-state index in [9.17, 15) is 4.79 Å². The summed E-state index contributed by atoms with van der Waals surface area (Å²) in [5.74, 6) is 0.725. The van der Waals surface area contributed by atoms with E-state index in [0.717, 1.165) is 28.4 Å². The lowest BCUT2D eigenvalue weighted by Gasteiger charge is -2.07. The highest BCUT2D eigenvalue weighted by molar-refractivity contribution is 7.17. The minimum absolute atomic E-state index is 0.0747. The van der Waals surface area contributed by atoms with Crippen LogP contribution in [-0.4, -0.2) is 37.3 Å². The van der Waals surface area contributed by atoms with E-state index in [0.29, 0.717) is 18.0 Å². The topological polar surface area (TPSA) is 60.5 Å². The molecule has 5 nitrogen and oxygen atoms in total. The van der Waals surface area contributed by atoms with E-state index in [1.165, 1.54) is 11.3 Å². The zero-order chi connectivity index (χ0) is 17.5. The summed E-state index contributed by atoms with van der Waals surface area (Å²) < 4.78 is 10.6. The van der Waals surface area contributed by atoms with Gasteiger partial charge in [-0.05, 0) is 51.5 Å². The van der Waals surface area contributed by atoms with Crippen molar-refractivity contribution in [2.45, 2.75) is 33.3 Å². The van der Waals surface area contributed by atoms with Gasteiger partial charge < -0.3 is 14.8 Å². The van der Waals surface area contributed by atoms with E-state index in [1.54, 1.807) is 7.11 Å². The van der Waals surface area contributed by atoms with Gasteiger partial charge in [0.15, 0.2) is 0 Å². The normalized spacial score (nSPS) is 10.9. The number of aromatic nitrogens is 1. The number of nitrogens with zero attached hydrogens (tertiary/aromatic N) is 1. The van der Waals surface area contributed by atoms with Crippen molar-refractivity contribution < 1.29 is 14.3 Å². The van der Waals surface area contributed by atoms with Crippen LogP contribution in [0.5, 0.6) is 5.75 Å². The van der Waals surface area contributed by atoms with Crippen LogP contribution >= 0.6 is 11.3 Å². The van der Waals surface area contributed by atoms with Gasteiger partial charge in [0.1, 0.15) is 15.6 Å². The Labute approximate surface area is 147 Å². The Morgan fingerprint density at radius 1 is 1.29 bits per heavy atom. The van der Waals surface area contributed by atoms with E-state index >= 15 is 0 Å². The summed E-state index contributed by atoms with van der Waals surface area (Å²) in [6.45, 7) is 7.11. The van der Waals surface area contributed by atoms with Crippen LogP contribution in [0.1, 0.15) is 35.6 Å². The molecule has 24 heavy (non-hydrogen) atoms. The van der Waals surface area contributed by atoms with Crippen molar-refractivity contribution in [1.29, 1.82) is 0 Å². The summed E-state index contributed by atoms with van der Waals surface area (Å²) in [5.41, 5.74) is 1.73. The molecule has 1 amide bonds. The molecule has 0 radical (unpaired) electrons. The summed E-state index contributed by atoms with van der Waals surface area (Å²) in [6, 6.07) is 7.67. The number of thiazole rings is 1. The molecule has 1 heterocycles. The van der Waals surface area contributed by atoms with Crippen LogP contribution in [0.2, 0.25) is 0 Å². The monoisotopic (exact) mass is 348 g/mol. The minimum atomic E-state index is -0.0747. The largest absolute Gasteiger partial charge is 0.497 e. The number of benzene rings is 1. The number of hydrogen-bond acceptors (Lipinski definition) is 5. The predicted octanol–water partition coefficient (Wildman–Crippen LogP) is 3.67. The number of nitrogens with one attached hydrogen (secondary N) is 1. The molecular weight excluding hydrogens is 324 g/mol. The molecule has 130 valence electrons. The van der Waals surface area contributed by atoms with Gasteiger partial charge in [0.2, 0.25) is 0 Å². The average Bonchev–Trinajstić information content (AvgIpc) is 2.96. The second-order valence-electron chi connectivity index (χ2n) is 5.69. The molecule has 0 spiro atoms. The number of carbonyl (C=O) groups is 1. The smallest absolute Gasteiger partial charge is 0.263 e. The van der Waals surface area contributed by atoms with Crippen molar-refractivity contribution >= 4 is 17.2 Å². The van der Waals surface area contributed by atoms with E-state index < -0.39 is 0 Å². The second kappa shape index (κ2) is 8.80. The van der Waals surface area contributed by atoms with Gasteiger partial charge in [-0.25, -0.2) is 4.98 Å². The fourth-order valence-electron chi connectivity index (χ4n) is 2.14. The van der Waals surface area contributed by atoms with Crippen molar-refractivity contribution in [3.63, 3.8) is 0 Å². The number of hydrogen-bond donors (Lipinski definition) is 1. The Bertz CT molecular complexity index is 665. The second-order valence-corrected chi connectivity index (χ2v) is 6.69. The number of ether oxygens (including phenoxy) is 2. The Morgan fingerprint density at radius 2 is 2.00 bits per heavy atom. The summed E-state index contributed by atoms with van der Waals surface area (Å²) in [4.78, 5) is 17.5. The molecule has 0 atom stereocenters. The van der Waals surface area contributed by atoms with E-state index in [2.05, 4.69) is 10.3 Å². The molecule has 6 heteroatoms. The highest BCUT2D eigenvalue weighted by Gasteiger charge is 2.15. The summed E-state index contributed by atoms with van der Waals surface area (Å²) >= 11 is 1.41. The minimum Gasteiger partial charge on any atom is -0.497 e. The van der Waals surface area contributed by atoms with Gasteiger partial charge in [0.25, 0.3) is 5.91 Å². The number of rotatable bonds is 8. The lowest BCUT2D eigenvalue weighted by atomic mass is 10.2. The zero-order valence-corrected chi connectivity index (χ0v) is 15.4. The molecule has 0 aliphatic rings. The van der Waals surface area contributed by atoms with Gasteiger partial charge in [0.05, 0.1) is 18.9 Å². The molecule has 0 fully saturated rings. The average molecular weight is 348 g/mol. The Balaban J connectivity index is 1.96. The maximum Gasteiger partial charge on any atom is 0.263 e. The molecule has 0 bridgehead atoms. The molecule has 0 saturated carbocycles. The lowest BCUT2D eigenvalue weighted by Crippen LogP contribution is -2.25. The predicted molar refractivity (Wildman–Crippen MR) is 96.9 cm³/mol. The first-order chi connectivity index (χ1) is 11.5. The van der Waals surface area contributed by atoms with Crippen molar-refractivity contribution in [2.24, 2.45) is 0 Å². The van der Waals surface area contributed by atoms with Crippen molar-refractivity contribution in [1.82, 2.24) is 10.3 Å². The summed E-state index contributed by atoms with van der Waals surface area (Å²) in [7, 11) is 1.64. The molecule has 2 rings (SSSR count). The first kappa shape index (κ1) is 18.4. The van der Waals surface area contributed by atoms with Crippen molar-refractivity contribution in [3.8, 4) is 16.3 Å². The fourth-order valence-corrected chi connectivity index (χ4v) is 3.13. The van der Waals surface area contributed by atoms with Crippen LogP contribution in [0.3, 0.4) is 0 Å². The van der Waals surface area contributed by atoms with Crippen LogP contribution in [0, 0.1) is 6.92 Å². The maximum atomic E-state index is 12.3. The maximum absolute atomic E-state index is 12.3. The molecule has 1 aromatic heterocycles. The van der Waals surface area contributed by atoms with Gasteiger partial charge >= 0.3 is 0 Å². The van der Waals surface area contributed by atoms with Gasteiger partial charge in [0, 0.05) is 18.7 Å². The first-order valence-electron chi connectivity index (χ1n) is 8.03. The fraction of sp³-hybridized carbons (Fsp3) is 0.444. The molecule has 0 aliphatic carbocycles. The van der Waals surface area contributed by atoms with Gasteiger partial charge in [-0.15, -0.1) is 11.3 Å². The highest BCUT2D eigenvalue weighted by atomic mass is 32.1. The summed E-state index contributed by atoms with van der Waals surface area (Å²) in [6.07, 6.45) is 1.02. The number of aryl methyl sites for hydroxylation is 1. The van der Waals surface area contributed by atoms with Gasteiger partial charge in [-0.2, -0.15) is 0 Å². The molecule has 0 aliphatic heterocycles. The van der Waals surface area contributed by atoms with Crippen LogP contribution in [0.25, 0.3) is 10.6 Å². The van der Waals surface area contributed by atoms with Crippen molar-refractivity contribution in [3.05, 3.63) is 34.8 Å². The molecule has 1 aromatic carbocycles. The molecule has 2 aromatic rings. The SMILES string of the molecule is COc1ccc(-c2nc(C)c(C(=O)NCCCOC(C)C)s2)cc1. The standard InChI is InChI=1S/C18H24N2O3S/c1-12(2)23-11-5-10-19-17(21)16-13(3)20-18(24-16)14-6-8-15(22-4)9-7-14/h6-9,12H,5,10-11H2,1-4H3,(H,19,21). The van der Waals surface area contributed by atoms with Crippen LogP contribution < -0.4 is 10.1 Å². The van der Waals surface area contributed by atoms with Gasteiger partial charge in [-0.3, -0.25) is 4.79 Å². The number of carbonyl (C=O) groups excluding carboxylic acids is 1. The molecule has 0 saturated heterocycles. The third-order valence-corrected chi connectivity index (χ3v) is 4.60. The molecule has 1 N–H and O–H groups in total. The Hall–Kier alpha value is -1.92. The van der Waals surface area contributed by atoms with Crippen LogP contribution in [0.4, 0.5) is 0 Å². The van der Waals surface area contributed by atoms with E-state index in [-0.39, 0.29) is 12.0 Å². The number of amides is 1. The third-order valence-electron chi connectivity index (χ3n) is 3.40. The van der Waals surface area contributed by atoms with Gasteiger partial charge in [-0.1, -0.05) is 0 Å². The Morgan fingerprint density at radius 3 is 2.62 bits per heavy atom. The third kappa shape index (κ3) is 5.04. The van der Waals surface area contributed by atoms with Crippen molar-refractivity contribution in [2.75, 3.05) is 20.3 Å². The zero-order valence-electron chi connectivity index (χ0n) is 14.6. The number of methoxy groups -OCH3 is 1. The highest BCUT2D eigenvalue weighted by Crippen LogP contribution is 2.29. The van der Waals surface area contributed by atoms with E-state index in [4.69, 9.17) is 9.47 Å². The van der Waals surface area contributed by atoms with Crippen LogP contribution in [-0.2, 0) is 4.74 Å². The van der Waals surface area contributed by atoms with Crippen LogP contribution in [0.15, 0.2) is 24.3 Å². The quantitative estimate of drug-likeness (QED) is 0.740. The van der Waals surface area contributed by atoms with E-state index in [1.807, 2.05) is 45.0 Å². The molecular formula is C18H24N2O3S. The lowest BCUT2D eigenvalue weighted by molar-refractivity contribution is 0.0757. The molecule has 0 unspecified atom stereocenters. The first-order valence-corrected chi connectivity index (χ1v) is 8.84. The summed E-state index contributed by atoms with van der Waals surface area (Å²) in [5, 5.41) is 3.76. The Kier molecular flexibility index (Phi) is 6.75.